The number of likely N-dealkylation sites (N-methyl/N-ethyl adjacent to an activating group) is 2. The molecule has 0 saturated carbocycles. The molecule has 26 heavy (non-hydrogen) atoms. The Kier molecular flexibility index (Phi) is 6.32. The molecule has 0 amide bonds. The van der Waals surface area contributed by atoms with E-state index in [0.29, 0.717) is 22.1 Å². The van der Waals surface area contributed by atoms with E-state index in [2.05, 4.69) is 28.2 Å². The van der Waals surface area contributed by atoms with Crippen molar-refractivity contribution in [2.24, 2.45) is 0 Å². The topological polar surface area (TPSA) is 34.1 Å². The summed E-state index contributed by atoms with van der Waals surface area (Å²) in [6.07, 6.45) is 0.982. The first-order valence-corrected chi connectivity index (χ1v) is 9.24. The highest BCUT2D eigenvalue weighted by atomic mass is 16.1. The zero-order chi connectivity index (χ0) is 19.4. The smallest absolute Gasteiger partial charge is 0.217 e. The summed E-state index contributed by atoms with van der Waals surface area (Å²) in [5.74, 6) is 0.402. The van der Waals surface area contributed by atoms with E-state index in [1.54, 1.807) is 6.92 Å². The fourth-order valence-corrected chi connectivity index (χ4v) is 3.63. The maximum atomic E-state index is 12.9. The van der Waals surface area contributed by atoms with Crippen LogP contribution in [0.5, 0.6) is 0 Å². The van der Waals surface area contributed by atoms with Crippen molar-refractivity contribution in [3.05, 3.63) is 48.0 Å². The lowest BCUT2D eigenvalue weighted by Gasteiger charge is -2.32. The highest BCUT2D eigenvalue weighted by Gasteiger charge is 2.24. The van der Waals surface area contributed by atoms with Crippen LogP contribution >= 0.6 is 0 Å². The average molecular weight is 357 g/mol. The van der Waals surface area contributed by atoms with Gasteiger partial charge in [-0.3, -0.25) is 9.59 Å². The van der Waals surface area contributed by atoms with Gasteiger partial charge in [0.1, 0.15) is 13.1 Å². The second kappa shape index (κ2) is 8.11. The Morgan fingerprint density at radius 1 is 0.808 bits per heavy atom. The SMILES string of the molecule is CC(=O)C[N+](C)(C)CCC[N+](C)(C)CC(=O)c1cccc2ccccc12. The third-order valence-corrected chi connectivity index (χ3v) is 4.84. The van der Waals surface area contributed by atoms with E-state index in [1.807, 2.05) is 42.5 Å². The van der Waals surface area contributed by atoms with E-state index in [1.165, 1.54) is 0 Å². The molecule has 0 fully saturated rings. The number of carbonyl (C=O) groups is 2. The minimum Gasteiger partial charge on any atom is -0.322 e. The normalized spacial score (nSPS) is 12.3. The van der Waals surface area contributed by atoms with Crippen molar-refractivity contribution in [3.8, 4) is 0 Å². The number of hydrogen-bond donors (Lipinski definition) is 0. The van der Waals surface area contributed by atoms with Gasteiger partial charge in [-0.2, -0.15) is 0 Å². The van der Waals surface area contributed by atoms with E-state index in [4.69, 9.17) is 0 Å². The van der Waals surface area contributed by atoms with Crippen molar-refractivity contribution in [3.63, 3.8) is 0 Å². The molecule has 4 nitrogen and oxygen atoms in total. The Hall–Kier alpha value is -2.04. The van der Waals surface area contributed by atoms with Crippen LogP contribution in [-0.2, 0) is 4.79 Å². The summed E-state index contributed by atoms with van der Waals surface area (Å²) < 4.78 is 1.36. The zero-order valence-electron chi connectivity index (χ0n) is 16.8. The molecule has 0 saturated heterocycles. The lowest BCUT2D eigenvalue weighted by Crippen LogP contribution is -2.48. The molecule has 0 unspecified atom stereocenters. The fraction of sp³-hybridized carbons (Fsp3) is 0.455. The quantitative estimate of drug-likeness (QED) is 0.511. The Balaban J connectivity index is 1.99. The predicted octanol–water partition coefficient (Wildman–Crippen LogP) is 3.15. The molecular weight excluding hydrogens is 324 g/mol. The molecule has 2 aromatic carbocycles. The number of fused-ring (bicyclic) bond motifs is 1. The number of rotatable bonds is 9. The molecule has 0 heterocycles. The van der Waals surface area contributed by atoms with Crippen LogP contribution in [0.15, 0.2) is 42.5 Å². The maximum absolute atomic E-state index is 12.9. The maximum Gasteiger partial charge on any atom is 0.217 e. The van der Waals surface area contributed by atoms with Gasteiger partial charge in [-0.1, -0.05) is 42.5 Å². The van der Waals surface area contributed by atoms with E-state index < -0.39 is 0 Å². The summed E-state index contributed by atoms with van der Waals surface area (Å²) in [5.41, 5.74) is 0.807. The van der Waals surface area contributed by atoms with E-state index in [-0.39, 0.29) is 11.6 Å². The van der Waals surface area contributed by atoms with Crippen LogP contribution < -0.4 is 0 Å². The van der Waals surface area contributed by atoms with Gasteiger partial charge in [0.05, 0.1) is 41.3 Å². The van der Waals surface area contributed by atoms with Crippen molar-refractivity contribution >= 4 is 22.3 Å². The van der Waals surface area contributed by atoms with Crippen LogP contribution in [-0.4, -0.2) is 74.9 Å². The molecule has 0 aromatic heterocycles. The number of nitrogens with zero attached hydrogens (tertiary/aromatic N) is 2. The Morgan fingerprint density at radius 2 is 1.38 bits per heavy atom. The van der Waals surface area contributed by atoms with Crippen molar-refractivity contribution in [2.45, 2.75) is 13.3 Å². The average Bonchev–Trinajstić information content (AvgIpc) is 2.52. The van der Waals surface area contributed by atoms with Crippen molar-refractivity contribution in [1.82, 2.24) is 0 Å². The van der Waals surface area contributed by atoms with Gasteiger partial charge in [0.2, 0.25) is 5.78 Å². The lowest BCUT2D eigenvalue weighted by molar-refractivity contribution is -0.901. The molecule has 0 bridgehead atoms. The first-order valence-electron chi connectivity index (χ1n) is 9.24. The Morgan fingerprint density at radius 3 is 2.04 bits per heavy atom. The van der Waals surface area contributed by atoms with E-state index in [0.717, 1.165) is 35.8 Å². The molecule has 0 aliphatic rings. The summed E-state index contributed by atoms with van der Waals surface area (Å²) in [7, 11) is 8.38. The molecule has 2 aromatic rings. The van der Waals surface area contributed by atoms with Gasteiger partial charge in [-0.15, -0.1) is 0 Å². The second-order valence-electron chi connectivity index (χ2n) is 8.64. The number of benzene rings is 2. The molecular formula is C22H32N2O2+2. The van der Waals surface area contributed by atoms with Gasteiger partial charge in [0.15, 0.2) is 5.78 Å². The highest BCUT2D eigenvalue weighted by molar-refractivity contribution is 6.08. The summed E-state index contributed by atoms with van der Waals surface area (Å²) in [4.78, 5) is 24.3. The Labute approximate surface area is 157 Å². The molecule has 140 valence electrons. The van der Waals surface area contributed by atoms with Crippen LogP contribution in [0.2, 0.25) is 0 Å². The fourth-order valence-electron chi connectivity index (χ4n) is 3.63. The third-order valence-electron chi connectivity index (χ3n) is 4.84. The van der Waals surface area contributed by atoms with Gasteiger partial charge in [-0.05, 0) is 10.8 Å². The molecule has 0 spiro atoms. The van der Waals surface area contributed by atoms with Gasteiger partial charge in [-0.25, -0.2) is 0 Å². The summed E-state index contributed by atoms with van der Waals surface area (Å²) in [6.45, 7) is 4.53. The summed E-state index contributed by atoms with van der Waals surface area (Å²) in [6, 6.07) is 14.0. The van der Waals surface area contributed by atoms with Gasteiger partial charge in [0.25, 0.3) is 0 Å². The molecule has 0 N–H and O–H groups in total. The zero-order valence-corrected chi connectivity index (χ0v) is 16.8. The largest absolute Gasteiger partial charge is 0.322 e. The monoisotopic (exact) mass is 356 g/mol. The number of quaternary nitrogens is 2. The number of carbonyl (C=O) groups excluding carboxylic acids is 2. The van der Waals surface area contributed by atoms with Crippen molar-refractivity contribution < 1.29 is 18.6 Å². The molecule has 2 rings (SSSR count). The lowest BCUT2D eigenvalue weighted by atomic mass is 10.0. The standard InChI is InChI=1S/C22H32N2O2/c1-18(25)16-23(2,3)14-9-15-24(4,5)17-22(26)21-13-8-11-19-10-6-7-12-20(19)21/h6-8,10-13H,9,14-17H2,1-5H3/q+2. The third kappa shape index (κ3) is 5.75. The number of Topliss-reactive ketones (excluding diaryl/α,β-unsaturated/α-hetero) is 2. The molecule has 0 radical (unpaired) electrons. The van der Waals surface area contributed by atoms with Crippen molar-refractivity contribution in [2.75, 3.05) is 54.4 Å². The number of hydrogen-bond acceptors (Lipinski definition) is 2. The first-order chi connectivity index (χ1) is 12.1. The molecule has 0 aliphatic carbocycles. The second-order valence-corrected chi connectivity index (χ2v) is 8.64. The van der Waals surface area contributed by atoms with Crippen LogP contribution in [0.1, 0.15) is 23.7 Å². The Bertz CT molecular complexity index is 788. The number of ketones is 2. The molecule has 4 heteroatoms. The van der Waals surface area contributed by atoms with Crippen molar-refractivity contribution in [1.29, 1.82) is 0 Å². The summed E-state index contributed by atoms with van der Waals surface area (Å²) in [5, 5.41) is 2.13. The van der Waals surface area contributed by atoms with Crippen LogP contribution in [0.3, 0.4) is 0 Å². The van der Waals surface area contributed by atoms with Gasteiger partial charge >= 0.3 is 0 Å². The molecule has 0 atom stereocenters. The van der Waals surface area contributed by atoms with Gasteiger partial charge < -0.3 is 8.97 Å². The highest BCUT2D eigenvalue weighted by Crippen LogP contribution is 2.20. The van der Waals surface area contributed by atoms with Crippen LogP contribution in [0.25, 0.3) is 10.8 Å². The predicted molar refractivity (Wildman–Crippen MR) is 107 cm³/mol. The van der Waals surface area contributed by atoms with Crippen LogP contribution in [0, 0.1) is 0 Å². The van der Waals surface area contributed by atoms with Gasteiger partial charge in [0, 0.05) is 18.9 Å². The van der Waals surface area contributed by atoms with Crippen LogP contribution in [0.4, 0.5) is 0 Å². The summed E-state index contributed by atoms with van der Waals surface area (Å²) >= 11 is 0. The van der Waals surface area contributed by atoms with E-state index in [9.17, 15) is 9.59 Å². The molecule has 0 aliphatic heterocycles. The minimum atomic E-state index is 0.185. The minimum absolute atomic E-state index is 0.185. The first kappa shape index (κ1) is 20.3. The van der Waals surface area contributed by atoms with E-state index >= 15 is 0 Å².